The summed E-state index contributed by atoms with van der Waals surface area (Å²) in [4.78, 5) is 0. The summed E-state index contributed by atoms with van der Waals surface area (Å²) in [5.41, 5.74) is 2.58. The van der Waals surface area contributed by atoms with Crippen LogP contribution < -0.4 is 20.7 Å². The average molecular weight is 469 g/mol. The van der Waals surface area contributed by atoms with Crippen LogP contribution in [0.2, 0.25) is 0 Å². The Labute approximate surface area is 207 Å². The summed E-state index contributed by atoms with van der Waals surface area (Å²) >= 11 is 0. The van der Waals surface area contributed by atoms with Gasteiger partial charge in [0, 0.05) is 5.30 Å². The largest absolute Gasteiger partial charge is 0.496 e. The second-order valence-electron chi connectivity index (χ2n) is 8.55. The minimum absolute atomic E-state index is 0.871. The van der Waals surface area contributed by atoms with Crippen LogP contribution in [0.5, 0.6) is 5.75 Å². The topological polar surface area (TPSA) is 9.23 Å². The van der Waals surface area contributed by atoms with Crippen molar-refractivity contribution in [2.75, 3.05) is 7.11 Å². The molecular weight excluding hydrogens is 443 g/mol. The standard InChI is InChI=1S/C33H25OP/c1-34-30-20-9-10-21-31(30)35(26-15-3-2-4-16-26)32-23-22-25-13-6-8-18-28(25)33(32)29-19-11-14-24-12-5-7-17-27(24)29/h2-23H,1H3. The van der Waals surface area contributed by atoms with Crippen molar-refractivity contribution in [2.45, 2.75) is 0 Å². The fraction of sp³-hybridized carbons (Fsp3) is 0.0303. The number of hydrogen-bond donors (Lipinski definition) is 0. The summed E-state index contributed by atoms with van der Waals surface area (Å²) in [6.45, 7) is 0. The summed E-state index contributed by atoms with van der Waals surface area (Å²) < 4.78 is 5.89. The fourth-order valence-corrected chi connectivity index (χ4v) is 7.57. The molecule has 0 fully saturated rings. The third-order valence-electron chi connectivity index (χ3n) is 6.55. The number of hydrogen-bond acceptors (Lipinski definition) is 1. The zero-order chi connectivity index (χ0) is 23.6. The van der Waals surface area contributed by atoms with Crippen molar-refractivity contribution in [3.8, 4) is 16.9 Å². The molecule has 1 atom stereocenters. The summed E-state index contributed by atoms with van der Waals surface area (Å²) in [5, 5.41) is 8.94. The van der Waals surface area contributed by atoms with Crippen molar-refractivity contribution in [1.29, 1.82) is 0 Å². The van der Waals surface area contributed by atoms with Crippen LogP contribution in [0.25, 0.3) is 32.7 Å². The van der Waals surface area contributed by atoms with Crippen molar-refractivity contribution < 1.29 is 4.74 Å². The van der Waals surface area contributed by atoms with Crippen LogP contribution in [0, 0.1) is 0 Å². The lowest BCUT2D eigenvalue weighted by molar-refractivity contribution is 0.418. The molecule has 0 N–H and O–H groups in total. The quantitative estimate of drug-likeness (QED) is 0.239. The van der Waals surface area contributed by atoms with Crippen LogP contribution >= 0.6 is 7.92 Å². The zero-order valence-corrected chi connectivity index (χ0v) is 20.5. The maximum absolute atomic E-state index is 5.89. The van der Waals surface area contributed by atoms with Gasteiger partial charge < -0.3 is 4.74 Å². The van der Waals surface area contributed by atoms with Crippen LogP contribution in [0.15, 0.2) is 133 Å². The van der Waals surface area contributed by atoms with E-state index in [9.17, 15) is 0 Å². The Morgan fingerprint density at radius 1 is 0.486 bits per heavy atom. The SMILES string of the molecule is COc1ccccc1P(c1ccccc1)c1ccc2ccccc2c1-c1cccc2ccccc12. The minimum atomic E-state index is -0.871. The van der Waals surface area contributed by atoms with Gasteiger partial charge in [-0.2, -0.15) is 0 Å². The maximum Gasteiger partial charge on any atom is 0.127 e. The molecule has 0 saturated heterocycles. The Hall–Kier alpha value is -3.93. The average Bonchev–Trinajstić information content (AvgIpc) is 2.94. The molecule has 0 radical (unpaired) electrons. The molecule has 1 unspecified atom stereocenters. The molecule has 0 amide bonds. The van der Waals surface area contributed by atoms with Crippen LogP contribution in [0.1, 0.15) is 0 Å². The molecule has 0 spiro atoms. The van der Waals surface area contributed by atoms with Gasteiger partial charge >= 0.3 is 0 Å². The lowest BCUT2D eigenvalue weighted by atomic mass is 9.94. The first-order chi connectivity index (χ1) is 17.3. The van der Waals surface area contributed by atoms with E-state index >= 15 is 0 Å². The number of para-hydroxylation sites is 1. The summed E-state index contributed by atoms with van der Waals surface area (Å²) in [6, 6.07) is 48.0. The van der Waals surface area contributed by atoms with Gasteiger partial charge in [-0.15, -0.1) is 0 Å². The van der Waals surface area contributed by atoms with Crippen molar-refractivity contribution in [2.24, 2.45) is 0 Å². The molecule has 0 aromatic heterocycles. The van der Waals surface area contributed by atoms with Crippen LogP contribution in [0.3, 0.4) is 0 Å². The molecule has 0 aliphatic carbocycles. The van der Waals surface area contributed by atoms with E-state index in [4.69, 9.17) is 4.74 Å². The van der Waals surface area contributed by atoms with Gasteiger partial charge in [-0.25, -0.2) is 0 Å². The van der Waals surface area contributed by atoms with E-state index in [1.54, 1.807) is 7.11 Å². The van der Waals surface area contributed by atoms with Crippen LogP contribution in [0.4, 0.5) is 0 Å². The Balaban J connectivity index is 1.74. The van der Waals surface area contributed by atoms with E-state index in [0.717, 1.165) is 5.75 Å². The smallest absolute Gasteiger partial charge is 0.127 e. The summed E-state index contributed by atoms with van der Waals surface area (Å²) in [6.07, 6.45) is 0. The highest BCUT2D eigenvalue weighted by Gasteiger charge is 2.25. The maximum atomic E-state index is 5.89. The van der Waals surface area contributed by atoms with Gasteiger partial charge in [0.15, 0.2) is 0 Å². The first-order valence-electron chi connectivity index (χ1n) is 11.8. The molecule has 2 heteroatoms. The van der Waals surface area contributed by atoms with E-state index in [1.807, 2.05) is 6.07 Å². The van der Waals surface area contributed by atoms with Gasteiger partial charge in [0.25, 0.3) is 0 Å². The lowest BCUT2D eigenvalue weighted by Crippen LogP contribution is -2.23. The van der Waals surface area contributed by atoms with Crippen molar-refractivity contribution in [3.05, 3.63) is 133 Å². The number of ether oxygens (including phenoxy) is 1. The predicted molar refractivity (Wildman–Crippen MR) is 152 cm³/mol. The van der Waals surface area contributed by atoms with E-state index in [1.165, 1.54) is 48.6 Å². The number of methoxy groups -OCH3 is 1. The summed E-state index contributed by atoms with van der Waals surface area (Å²) in [5.74, 6) is 0.930. The van der Waals surface area contributed by atoms with Gasteiger partial charge in [-0.3, -0.25) is 0 Å². The second-order valence-corrected chi connectivity index (χ2v) is 10.7. The van der Waals surface area contributed by atoms with Gasteiger partial charge in [-0.1, -0.05) is 127 Å². The first-order valence-corrected chi connectivity index (χ1v) is 13.2. The lowest BCUT2D eigenvalue weighted by Gasteiger charge is -2.25. The third-order valence-corrected chi connectivity index (χ3v) is 9.07. The van der Waals surface area contributed by atoms with E-state index in [2.05, 4.69) is 127 Å². The molecule has 0 aliphatic heterocycles. The second kappa shape index (κ2) is 9.37. The molecule has 0 bridgehead atoms. The van der Waals surface area contributed by atoms with Gasteiger partial charge in [-0.05, 0) is 57.3 Å². The number of rotatable bonds is 5. The van der Waals surface area contributed by atoms with E-state index in [-0.39, 0.29) is 0 Å². The first kappa shape index (κ1) is 21.6. The van der Waals surface area contributed by atoms with Crippen LogP contribution in [-0.2, 0) is 0 Å². The highest BCUT2D eigenvalue weighted by Crippen LogP contribution is 2.43. The van der Waals surface area contributed by atoms with Crippen molar-refractivity contribution in [3.63, 3.8) is 0 Å². The Morgan fingerprint density at radius 2 is 1.11 bits per heavy atom. The Kier molecular flexibility index (Phi) is 5.78. The van der Waals surface area contributed by atoms with Gasteiger partial charge in [0.05, 0.1) is 7.11 Å². The molecule has 1 nitrogen and oxygen atoms in total. The minimum Gasteiger partial charge on any atom is -0.496 e. The Morgan fingerprint density at radius 3 is 1.91 bits per heavy atom. The summed E-state index contributed by atoms with van der Waals surface area (Å²) in [7, 11) is 0.897. The molecule has 35 heavy (non-hydrogen) atoms. The van der Waals surface area contributed by atoms with Gasteiger partial charge in [0.2, 0.25) is 0 Å². The molecule has 0 aliphatic rings. The molecule has 0 heterocycles. The number of fused-ring (bicyclic) bond motifs is 2. The molecule has 0 saturated carbocycles. The third kappa shape index (κ3) is 3.89. The zero-order valence-electron chi connectivity index (χ0n) is 19.6. The van der Waals surface area contributed by atoms with Gasteiger partial charge in [0.1, 0.15) is 5.75 Å². The van der Waals surface area contributed by atoms with Crippen LogP contribution in [-0.4, -0.2) is 7.11 Å². The molecule has 168 valence electrons. The van der Waals surface area contributed by atoms with E-state index in [0.29, 0.717) is 0 Å². The van der Waals surface area contributed by atoms with E-state index < -0.39 is 7.92 Å². The van der Waals surface area contributed by atoms with Crippen molar-refractivity contribution >= 4 is 45.4 Å². The number of benzene rings is 6. The monoisotopic (exact) mass is 468 g/mol. The Bertz CT molecular complexity index is 1630. The molecule has 6 aromatic carbocycles. The molecule has 6 aromatic rings. The normalized spacial score (nSPS) is 12.0. The van der Waals surface area contributed by atoms with Crippen molar-refractivity contribution in [1.82, 2.24) is 0 Å². The molecular formula is C33H25OP. The molecule has 6 rings (SSSR count). The predicted octanol–water partition coefficient (Wildman–Crippen LogP) is 7.43. The fourth-order valence-electron chi connectivity index (χ4n) is 4.97. The highest BCUT2D eigenvalue weighted by atomic mass is 31.1. The highest BCUT2D eigenvalue weighted by molar-refractivity contribution is 7.80.